The number of hydrogen-bond donors (Lipinski definition) is 2. The molecular weight excluding hydrogens is 206 g/mol. The molecule has 5 nitrogen and oxygen atoms in total. The van der Waals surface area contributed by atoms with Gasteiger partial charge in [-0.25, -0.2) is 0 Å². The van der Waals surface area contributed by atoms with E-state index in [4.69, 9.17) is 4.74 Å². The van der Waals surface area contributed by atoms with E-state index >= 15 is 0 Å². The Bertz CT molecular complexity index is 318. The van der Waals surface area contributed by atoms with Crippen LogP contribution in [0.3, 0.4) is 0 Å². The molecule has 1 unspecified atom stereocenters. The molecule has 2 rings (SSSR count). The topological polar surface area (TPSA) is 55.3 Å². The lowest BCUT2D eigenvalue weighted by Gasteiger charge is -2.22. The molecule has 1 fully saturated rings. The molecule has 1 aromatic rings. The van der Waals surface area contributed by atoms with Crippen LogP contribution in [0.2, 0.25) is 0 Å². The van der Waals surface area contributed by atoms with Gasteiger partial charge in [-0.15, -0.1) is 0 Å². The van der Waals surface area contributed by atoms with Crippen molar-refractivity contribution < 1.29 is 9.53 Å². The number of nitrogens with one attached hydrogen (secondary N) is 2. The molecule has 1 atom stereocenters. The van der Waals surface area contributed by atoms with Crippen molar-refractivity contribution in [1.29, 1.82) is 0 Å². The third-order valence-electron chi connectivity index (χ3n) is 2.56. The Labute approximate surface area is 94.8 Å². The van der Waals surface area contributed by atoms with Gasteiger partial charge >= 0.3 is 0 Å². The van der Waals surface area contributed by atoms with Crippen molar-refractivity contribution in [1.82, 2.24) is 15.2 Å². The van der Waals surface area contributed by atoms with Crippen LogP contribution in [0.5, 0.6) is 0 Å². The summed E-state index contributed by atoms with van der Waals surface area (Å²) in [6.07, 6.45) is 3.62. The molecule has 2 N–H and O–H groups in total. The fourth-order valence-electron chi connectivity index (χ4n) is 1.68. The quantitative estimate of drug-likeness (QED) is 0.730. The van der Waals surface area contributed by atoms with Gasteiger partial charge in [-0.05, 0) is 12.1 Å². The first-order valence-corrected chi connectivity index (χ1v) is 5.57. The van der Waals surface area contributed by atoms with Gasteiger partial charge in [-0.1, -0.05) is 0 Å². The van der Waals surface area contributed by atoms with Crippen LogP contribution in [0.1, 0.15) is 0 Å². The van der Waals surface area contributed by atoms with Crippen LogP contribution in [-0.4, -0.2) is 42.8 Å². The SMILES string of the molecule is O=C(NCCn1cccc1)C1CNCCO1. The van der Waals surface area contributed by atoms with E-state index in [1.807, 2.05) is 29.1 Å². The van der Waals surface area contributed by atoms with Crippen LogP contribution in [0.4, 0.5) is 0 Å². The molecule has 1 aromatic heterocycles. The van der Waals surface area contributed by atoms with Gasteiger partial charge < -0.3 is 19.9 Å². The van der Waals surface area contributed by atoms with Gasteiger partial charge in [-0.2, -0.15) is 0 Å². The number of nitrogens with zero attached hydrogens (tertiary/aromatic N) is 1. The second kappa shape index (κ2) is 5.67. The standard InChI is InChI=1S/C11H17N3O2/c15-11(10-9-12-4-8-16-10)13-3-7-14-5-1-2-6-14/h1-2,5-6,10,12H,3-4,7-9H2,(H,13,15). The molecule has 2 heterocycles. The van der Waals surface area contributed by atoms with Gasteiger partial charge in [0.25, 0.3) is 5.91 Å². The van der Waals surface area contributed by atoms with E-state index in [2.05, 4.69) is 10.6 Å². The summed E-state index contributed by atoms with van der Waals surface area (Å²) >= 11 is 0. The van der Waals surface area contributed by atoms with Gasteiger partial charge in [-0.3, -0.25) is 4.79 Å². The molecule has 5 heteroatoms. The van der Waals surface area contributed by atoms with E-state index in [0.29, 0.717) is 19.7 Å². The molecule has 0 spiro atoms. The van der Waals surface area contributed by atoms with Gasteiger partial charge in [0.15, 0.2) is 0 Å². The Morgan fingerprint density at radius 2 is 2.31 bits per heavy atom. The van der Waals surface area contributed by atoms with Crippen molar-refractivity contribution in [3.05, 3.63) is 24.5 Å². The van der Waals surface area contributed by atoms with Gasteiger partial charge in [0.1, 0.15) is 6.10 Å². The van der Waals surface area contributed by atoms with Gasteiger partial charge in [0, 0.05) is 38.6 Å². The zero-order valence-corrected chi connectivity index (χ0v) is 9.19. The summed E-state index contributed by atoms with van der Waals surface area (Å²) in [5.41, 5.74) is 0. The average Bonchev–Trinajstić information content (AvgIpc) is 2.83. The fourth-order valence-corrected chi connectivity index (χ4v) is 1.68. The number of carbonyl (C=O) groups is 1. The maximum Gasteiger partial charge on any atom is 0.250 e. The Morgan fingerprint density at radius 3 is 3.00 bits per heavy atom. The van der Waals surface area contributed by atoms with Crippen molar-refractivity contribution in [2.24, 2.45) is 0 Å². The number of rotatable bonds is 4. The van der Waals surface area contributed by atoms with Gasteiger partial charge in [0.2, 0.25) is 0 Å². The first-order chi connectivity index (χ1) is 7.86. The third kappa shape index (κ3) is 3.08. The summed E-state index contributed by atoms with van der Waals surface area (Å²) in [4.78, 5) is 11.6. The van der Waals surface area contributed by atoms with E-state index in [0.717, 1.165) is 13.1 Å². The number of amides is 1. The zero-order valence-electron chi connectivity index (χ0n) is 9.19. The molecular formula is C11H17N3O2. The first-order valence-electron chi connectivity index (χ1n) is 5.57. The third-order valence-corrected chi connectivity index (χ3v) is 2.56. The minimum Gasteiger partial charge on any atom is -0.366 e. The number of morpholine rings is 1. The minimum absolute atomic E-state index is 0.0284. The van der Waals surface area contributed by atoms with Crippen molar-refractivity contribution in [3.63, 3.8) is 0 Å². The van der Waals surface area contributed by atoms with E-state index in [9.17, 15) is 4.79 Å². The molecule has 0 aromatic carbocycles. The van der Waals surface area contributed by atoms with Crippen molar-refractivity contribution in [2.75, 3.05) is 26.2 Å². The average molecular weight is 223 g/mol. The molecule has 1 aliphatic heterocycles. The predicted octanol–water partition coefficient (Wildman–Crippen LogP) is -0.407. The van der Waals surface area contributed by atoms with Crippen LogP contribution in [-0.2, 0) is 16.1 Å². The first kappa shape index (κ1) is 11.2. The summed E-state index contributed by atoms with van der Waals surface area (Å²) < 4.78 is 7.37. The van der Waals surface area contributed by atoms with Crippen molar-refractivity contribution in [3.8, 4) is 0 Å². The Hall–Kier alpha value is -1.33. The number of hydrogen-bond acceptors (Lipinski definition) is 3. The van der Waals surface area contributed by atoms with E-state index in [-0.39, 0.29) is 12.0 Å². The lowest BCUT2D eigenvalue weighted by Crippen LogP contribution is -2.48. The maximum absolute atomic E-state index is 11.6. The summed E-state index contributed by atoms with van der Waals surface area (Å²) in [7, 11) is 0. The zero-order chi connectivity index (χ0) is 11.2. The molecule has 1 aliphatic rings. The van der Waals surface area contributed by atoms with Gasteiger partial charge in [0.05, 0.1) is 6.61 Å². The Balaban J connectivity index is 1.67. The lowest BCUT2D eigenvalue weighted by molar-refractivity contribution is -0.134. The highest BCUT2D eigenvalue weighted by Gasteiger charge is 2.20. The molecule has 0 radical (unpaired) electrons. The smallest absolute Gasteiger partial charge is 0.250 e. The number of ether oxygens (including phenoxy) is 1. The van der Waals surface area contributed by atoms with Crippen LogP contribution >= 0.6 is 0 Å². The predicted molar refractivity (Wildman–Crippen MR) is 60.1 cm³/mol. The van der Waals surface area contributed by atoms with Crippen molar-refractivity contribution in [2.45, 2.75) is 12.6 Å². The minimum atomic E-state index is -0.335. The number of carbonyl (C=O) groups excluding carboxylic acids is 1. The fraction of sp³-hybridized carbons (Fsp3) is 0.545. The highest BCUT2D eigenvalue weighted by atomic mass is 16.5. The lowest BCUT2D eigenvalue weighted by atomic mass is 10.3. The molecule has 0 saturated carbocycles. The summed E-state index contributed by atoms with van der Waals surface area (Å²) in [6.45, 7) is 3.46. The Kier molecular flexibility index (Phi) is 3.96. The molecule has 1 amide bonds. The largest absolute Gasteiger partial charge is 0.366 e. The highest BCUT2D eigenvalue weighted by molar-refractivity contribution is 5.81. The monoisotopic (exact) mass is 223 g/mol. The summed E-state index contributed by atoms with van der Waals surface area (Å²) in [5, 5.41) is 5.99. The second-order valence-corrected chi connectivity index (χ2v) is 3.78. The molecule has 1 saturated heterocycles. The van der Waals surface area contributed by atoms with Crippen molar-refractivity contribution >= 4 is 5.91 Å². The van der Waals surface area contributed by atoms with Crippen LogP contribution in [0.15, 0.2) is 24.5 Å². The number of aromatic nitrogens is 1. The highest BCUT2D eigenvalue weighted by Crippen LogP contribution is 1.95. The van der Waals surface area contributed by atoms with E-state index in [1.165, 1.54) is 0 Å². The van der Waals surface area contributed by atoms with Crippen LogP contribution in [0, 0.1) is 0 Å². The molecule has 0 bridgehead atoms. The van der Waals surface area contributed by atoms with Crippen LogP contribution in [0.25, 0.3) is 0 Å². The van der Waals surface area contributed by atoms with E-state index in [1.54, 1.807) is 0 Å². The summed E-state index contributed by atoms with van der Waals surface area (Å²) in [6, 6.07) is 3.94. The van der Waals surface area contributed by atoms with E-state index < -0.39 is 0 Å². The maximum atomic E-state index is 11.6. The molecule has 0 aliphatic carbocycles. The summed E-state index contributed by atoms with van der Waals surface area (Å²) in [5.74, 6) is -0.0284. The second-order valence-electron chi connectivity index (χ2n) is 3.78. The normalized spacial score (nSPS) is 20.6. The van der Waals surface area contributed by atoms with Crippen LogP contribution < -0.4 is 10.6 Å². The Morgan fingerprint density at radius 1 is 1.50 bits per heavy atom. The molecule has 16 heavy (non-hydrogen) atoms. The molecule has 88 valence electrons.